The molecule has 0 bridgehead atoms. The number of hydrogen-bond donors (Lipinski definition) is 1. The Labute approximate surface area is 120 Å². The zero-order valence-corrected chi connectivity index (χ0v) is 12.7. The van der Waals surface area contributed by atoms with E-state index in [1.165, 1.54) is 30.5 Å². The first-order chi connectivity index (χ1) is 9.56. The lowest BCUT2D eigenvalue weighted by Gasteiger charge is -2.18. The highest BCUT2D eigenvalue weighted by Gasteiger charge is 2.08. The third-order valence-corrected chi connectivity index (χ3v) is 3.41. The van der Waals surface area contributed by atoms with Gasteiger partial charge in [-0.2, -0.15) is 0 Å². The molecule has 1 unspecified atom stereocenters. The Bertz CT molecular complexity index is 535. The van der Waals surface area contributed by atoms with Gasteiger partial charge in [-0.3, -0.25) is 0 Å². The zero-order valence-electron chi connectivity index (χ0n) is 12.7. The Morgan fingerprint density at radius 1 is 1.20 bits per heavy atom. The lowest BCUT2D eigenvalue weighted by atomic mass is 10.0. The van der Waals surface area contributed by atoms with Crippen LogP contribution in [0.25, 0.3) is 11.5 Å². The summed E-state index contributed by atoms with van der Waals surface area (Å²) >= 11 is 0. The predicted molar refractivity (Wildman–Crippen MR) is 81.6 cm³/mol. The Kier molecular flexibility index (Phi) is 4.77. The van der Waals surface area contributed by atoms with E-state index in [0.29, 0.717) is 11.9 Å². The van der Waals surface area contributed by atoms with E-state index in [1.807, 2.05) is 6.07 Å². The fourth-order valence-corrected chi connectivity index (χ4v) is 2.18. The van der Waals surface area contributed by atoms with Crippen LogP contribution in [0.2, 0.25) is 0 Å². The predicted octanol–water partition coefficient (Wildman–Crippen LogP) is 4.28. The van der Waals surface area contributed by atoms with Crippen molar-refractivity contribution in [3.8, 4) is 11.5 Å². The van der Waals surface area contributed by atoms with Crippen molar-refractivity contribution in [2.45, 2.75) is 46.6 Å². The van der Waals surface area contributed by atoms with Crippen LogP contribution in [0, 0.1) is 12.8 Å². The molecule has 1 heterocycles. The largest absolute Gasteiger partial charge is 0.423 e. The summed E-state index contributed by atoms with van der Waals surface area (Å²) in [5, 5.41) is 11.2. The van der Waals surface area contributed by atoms with E-state index in [4.69, 9.17) is 4.42 Å². The quantitative estimate of drug-likeness (QED) is 0.853. The van der Waals surface area contributed by atoms with Crippen molar-refractivity contribution in [3.63, 3.8) is 0 Å². The van der Waals surface area contributed by atoms with E-state index in [2.05, 4.69) is 55.3 Å². The molecule has 1 aromatic carbocycles. The van der Waals surface area contributed by atoms with Gasteiger partial charge in [-0.25, -0.2) is 0 Å². The molecule has 0 saturated heterocycles. The van der Waals surface area contributed by atoms with Crippen LogP contribution in [0.3, 0.4) is 0 Å². The number of aryl methyl sites for hydroxylation is 1. The first-order valence-electron chi connectivity index (χ1n) is 7.20. The third-order valence-electron chi connectivity index (χ3n) is 3.41. The van der Waals surface area contributed by atoms with Crippen LogP contribution in [0.1, 0.15) is 39.2 Å². The monoisotopic (exact) mass is 273 g/mol. The molecule has 1 N–H and O–H groups in total. The van der Waals surface area contributed by atoms with Crippen LogP contribution < -0.4 is 5.32 Å². The zero-order chi connectivity index (χ0) is 14.5. The van der Waals surface area contributed by atoms with Crippen molar-refractivity contribution in [3.05, 3.63) is 30.2 Å². The summed E-state index contributed by atoms with van der Waals surface area (Å²) in [6.45, 7) is 8.85. The molecule has 1 atom stereocenters. The summed E-state index contributed by atoms with van der Waals surface area (Å²) in [7, 11) is 0. The van der Waals surface area contributed by atoms with Gasteiger partial charge in [-0.05, 0) is 56.4 Å². The van der Waals surface area contributed by atoms with Crippen LogP contribution in [0.15, 0.2) is 29.0 Å². The Morgan fingerprint density at radius 3 is 2.60 bits per heavy atom. The molecule has 1 aromatic heterocycles. The average molecular weight is 273 g/mol. The second-order valence-electron chi connectivity index (χ2n) is 5.79. The standard InChI is InChI=1S/C16H23N3O/c1-11(2)5-6-13(4)18-15-8-7-14(9-12(15)3)16-19-17-10-20-16/h7-11,13,18H,5-6H2,1-4H3. The minimum absolute atomic E-state index is 0.477. The molecule has 108 valence electrons. The number of nitrogens with zero attached hydrogens (tertiary/aromatic N) is 2. The highest BCUT2D eigenvalue weighted by atomic mass is 16.4. The maximum Gasteiger partial charge on any atom is 0.247 e. The Balaban J connectivity index is 2.03. The SMILES string of the molecule is Cc1cc(-c2nnco2)ccc1NC(C)CCC(C)C. The summed E-state index contributed by atoms with van der Waals surface area (Å²) in [6, 6.07) is 6.65. The maximum atomic E-state index is 5.22. The lowest BCUT2D eigenvalue weighted by molar-refractivity contribution is 0.527. The molecule has 4 nitrogen and oxygen atoms in total. The minimum Gasteiger partial charge on any atom is -0.423 e. The first kappa shape index (κ1) is 14.6. The van der Waals surface area contributed by atoms with Gasteiger partial charge in [0, 0.05) is 17.3 Å². The molecule has 2 rings (SSSR count). The van der Waals surface area contributed by atoms with Gasteiger partial charge in [0.05, 0.1) is 0 Å². The second kappa shape index (κ2) is 6.55. The van der Waals surface area contributed by atoms with Crippen molar-refractivity contribution < 1.29 is 4.42 Å². The molecule has 0 aliphatic rings. The number of nitrogens with one attached hydrogen (secondary N) is 1. The van der Waals surface area contributed by atoms with E-state index >= 15 is 0 Å². The molecular weight excluding hydrogens is 250 g/mol. The van der Waals surface area contributed by atoms with Crippen LogP contribution in [0.5, 0.6) is 0 Å². The van der Waals surface area contributed by atoms with Gasteiger partial charge in [0.2, 0.25) is 12.3 Å². The van der Waals surface area contributed by atoms with E-state index in [-0.39, 0.29) is 0 Å². The molecular formula is C16H23N3O. The van der Waals surface area contributed by atoms with E-state index in [0.717, 1.165) is 11.5 Å². The number of rotatable bonds is 6. The van der Waals surface area contributed by atoms with E-state index in [1.54, 1.807) is 0 Å². The smallest absolute Gasteiger partial charge is 0.247 e. The van der Waals surface area contributed by atoms with Gasteiger partial charge in [0.25, 0.3) is 0 Å². The molecule has 0 saturated carbocycles. The van der Waals surface area contributed by atoms with Crippen molar-refractivity contribution in [2.24, 2.45) is 5.92 Å². The molecule has 4 heteroatoms. The third kappa shape index (κ3) is 3.83. The van der Waals surface area contributed by atoms with Gasteiger partial charge in [-0.15, -0.1) is 10.2 Å². The van der Waals surface area contributed by atoms with Gasteiger partial charge >= 0.3 is 0 Å². The fraction of sp³-hybridized carbons (Fsp3) is 0.500. The number of hydrogen-bond acceptors (Lipinski definition) is 4. The van der Waals surface area contributed by atoms with E-state index < -0.39 is 0 Å². The van der Waals surface area contributed by atoms with Crippen LogP contribution in [-0.4, -0.2) is 16.2 Å². The molecule has 20 heavy (non-hydrogen) atoms. The number of benzene rings is 1. The molecule has 0 amide bonds. The molecule has 0 spiro atoms. The second-order valence-corrected chi connectivity index (χ2v) is 5.79. The van der Waals surface area contributed by atoms with Crippen LogP contribution in [-0.2, 0) is 0 Å². The molecule has 0 radical (unpaired) electrons. The summed E-state index contributed by atoms with van der Waals surface area (Å²) in [5.41, 5.74) is 3.32. The summed E-state index contributed by atoms with van der Waals surface area (Å²) < 4.78 is 5.22. The van der Waals surface area contributed by atoms with Gasteiger partial charge in [-0.1, -0.05) is 13.8 Å². The number of aromatic nitrogens is 2. The first-order valence-corrected chi connectivity index (χ1v) is 7.20. The van der Waals surface area contributed by atoms with Crippen molar-refractivity contribution in [1.82, 2.24) is 10.2 Å². The molecule has 0 aliphatic carbocycles. The summed E-state index contributed by atoms with van der Waals surface area (Å²) in [5.74, 6) is 1.31. The summed E-state index contributed by atoms with van der Waals surface area (Å²) in [6.07, 6.45) is 3.78. The average Bonchev–Trinajstić information content (AvgIpc) is 2.92. The topological polar surface area (TPSA) is 51.0 Å². The van der Waals surface area contributed by atoms with E-state index in [9.17, 15) is 0 Å². The fourth-order valence-electron chi connectivity index (χ4n) is 2.18. The van der Waals surface area contributed by atoms with Crippen molar-refractivity contribution >= 4 is 5.69 Å². The van der Waals surface area contributed by atoms with Gasteiger partial charge < -0.3 is 9.73 Å². The highest BCUT2D eigenvalue weighted by molar-refractivity contribution is 5.62. The number of anilines is 1. The Morgan fingerprint density at radius 2 is 2.00 bits per heavy atom. The normalized spacial score (nSPS) is 12.7. The Hall–Kier alpha value is -1.84. The lowest BCUT2D eigenvalue weighted by Crippen LogP contribution is -2.16. The van der Waals surface area contributed by atoms with Crippen molar-refractivity contribution in [2.75, 3.05) is 5.32 Å². The maximum absolute atomic E-state index is 5.22. The molecule has 2 aromatic rings. The molecule has 0 aliphatic heterocycles. The van der Waals surface area contributed by atoms with Gasteiger partial charge in [0.15, 0.2) is 0 Å². The minimum atomic E-state index is 0.477. The van der Waals surface area contributed by atoms with Crippen LogP contribution in [0.4, 0.5) is 5.69 Å². The molecule has 0 fully saturated rings. The van der Waals surface area contributed by atoms with Crippen molar-refractivity contribution in [1.29, 1.82) is 0 Å². The van der Waals surface area contributed by atoms with Gasteiger partial charge in [0.1, 0.15) is 0 Å². The highest BCUT2D eigenvalue weighted by Crippen LogP contribution is 2.24. The van der Waals surface area contributed by atoms with Crippen LogP contribution >= 0.6 is 0 Å². The summed E-state index contributed by atoms with van der Waals surface area (Å²) in [4.78, 5) is 0.